The molecule has 1 saturated heterocycles. The molecular formula is C38H47N3O6. The van der Waals surface area contributed by atoms with Crippen LogP contribution in [0.4, 0.5) is 5.69 Å². The van der Waals surface area contributed by atoms with Crippen LogP contribution >= 0.6 is 0 Å². The van der Waals surface area contributed by atoms with Crippen molar-refractivity contribution >= 4 is 17.5 Å². The van der Waals surface area contributed by atoms with Crippen molar-refractivity contribution in [3.63, 3.8) is 0 Å². The average molecular weight is 642 g/mol. The first-order valence-electron chi connectivity index (χ1n) is 16.6. The van der Waals surface area contributed by atoms with Gasteiger partial charge in [0.05, 0.1) is 33.1 Å². The first-order valence-corrected chi connectivity index (χ1v) is 16.6. The molecule has 1 fully saturated rings. The number of ether oxygens (including phenoxy) is 3. The minimum Gasteiger partial charge on any atom is -0.493 e. The number of carbonyl (C=O) groups is 2. The van der Waals surface area contributed by atoms with Gasteiger partial charge in [-0.2, -0.15) is 0 Å². The zero-order valence-corrected chi connectivity index (χ0v) is 28.4. The fraction of sp³-hybridized carbons (Fsp3) is 0.447. The molecule has 1 heterocycles. The number of likely N-dealkylation sites (tertiary alicyclic amines) is 1. The Bertz CT molecular complexity index is 1650. The van der Waals surface area contributed by atoms with Crippen LogP contribution in [0.15, 0.2) is 59.4 Å². The van der Waals surface area contributed by atoms with Gasteiger partial charge in [-0.05, 0) is 78.0 Å². The number of piperidine rings is 1. The Morgan fingerprint density at radius 2 is 1.64 bits per heavy atom. The van der Waals surface area contributed by atoms with Gasteiger partial charge in [0.1, 0.15) is 6.04 Å². The second-order valence-corrected chi connectivity index (χ2v) is 12.6. The van der Waals surface area contributed by atoms with Crippen LogP contribution in [0.25, 0.3) is 11.1 Å². The Labute approximate surface area is 277 Å². The first-order chi connectivity index (χ1) is 22.7. The van der Waals surface area contributed by atoms with E-state index < -0.39 is 12.1 Å². The molecule has 0 bridgehead atoms. The van der Waals surface area contributed by atoms with Crippen molar-refractivity contribution in [1.29, 1.82) is 0 Å². The summed E-state index contributed by atoms with van der Waals surface area (Å²) in [5.41, 5.74) is 4.55. The summed E-state index contributed by atoms with van der Waals surface area (Å²) in [6.45, 7) is 6.93. The van der Waals surface area contributed by atoms with E-state index in [4.69, 9.17) is 14.2 Å². The summed E-state index contributed by atoms with van der Waals surface area (Å²) in [5.74, 6) is 1.72. The normalized spacial score (nSPS) is 17.3. The molecule has 2 aliphatic rings. The molecule has 3 unspecified atom stereocenters. The van der Waals surface area contributed by atoms with Gasteiger partial charge in [0.15, 0.2) is 11.5 Å². The second-order valence-electron chi connectivity index (χ2n) is 12.6. The molecule has 0 aromatic heterocycles. The van der Waals surface area contributed by atoms with E-state index >= 15 is 0 Å². The Morgan fingerprint density at radius 1 is 0.936 bits per heavy atom. The lowest BCUT2D eigenvalue weighted by atomic mass is 9.88. The van der Waals surface area contributed by atoms with Crippen LogP contribution in [0.3, 0.4) is 0 Å². The number of aryl methyl sites for hydroxylation is 1. The predicted octanol–water partition coefficient (Wildman–Crippen LogP) is 6.10. The van der Waals surface area contributed by atoms with Crippen LogP contribution in [0.1, 0.15) is 75.1 Å². The topological polar surface area (TPSA) is 106 Å². The number of nitrogens with zero attached hydrogens (tertiary/aromatic N) is 1. The second kappa shape index (κ2) is 14.9. The van der Waals surface area contributed by atoms with E-state index in [0.29, 0.717) is 60.3 Å². The van der Waals surface area contributed by atoms with Crippen LogP contribution in [0.5, 0.6) is 17.2 Å². The third kappa shape index (κ3) is 7.09. The molecule has 0 saturated carbocycles. The number of anilines is 1. The van der Waals surface area contributed by atoms with Crippen molar-refractivity contribution in [2.75, 3.05) is 39.7 Å². The maximum atomic E-state index is 14.1. The molecule has 5 rings (SSSR count). The van der Waals surface area contributed by atoms with Gasteiger partial charge in [-0.25, -0.2) is 0 Å². The SMILES string of the molecule is CCC(C)C(Nc1ccc2c(cc1=O)C(NC(C)=O)CCc1cc(OC)c(OC)c(OC)c1-2)C(=O)N1CCC(c2ccccc2)CC1. The van der Waals surface area contributed by atoms with Gasteiger partial charge >= 0.3 is 0 Å². The van der Waals surface area contributed by atoms with Crippen LogP contribution in [-0.4, -0.2) is 57.2 Å². The maximum Gasteiger partial charge on any atom is 0.245 e. The summed E-state index contributed by atoms with van der Waals surface area (Å²) in [6, 6.07) is 16.7. The van der Waals surface area contributed by atoms with E-state index in [-0.39, 0.29) is 23.2 Å². The molecule has 0 radical (unpaired) electrons. The fourth-order valence-electron chi connectivity index (χ4n) is 7.03. The van der Waals surface area contributed by atoms with Gasteiger partial charge in [-0.3, -0.25) is 14.4 Å². The predicted molar refractivity (Wildman–Crippen MR) is 185 cm³/mol. The van der Waals surface area contributed by atoms with E-state index in [1.807, 2.05) is 30.0 Å². The van der Waals surface area contributed by atoms with Crippen molar-refractivity contribution in [3.8, 4) is 28.4 Å². The number of hydrogen-bond acceptors (Lipinski definition) is 7. The highest BCUT2D eigenvalue weighted by Gasteiger charge is 2.33. The van der Waals surface area contributed by atoms with Gasteiger partial charge in [0.2, 0.25) is 23.0 Å². The first kappa shape index (κ1) is 33.8. The Kier molecular flexibility index (Phi) is 10.7. The van der Waals surface area contributed by atoms with Crippen molar-refractivity contribution < 1.29 is 23.8 Å². The minimum atomic E-state index is -0.569. The summed E-state index contributed by atoms with van der Waals surface area (Å²) in [4.78, 5) is 42.3. The number of methoxy groups -OCH3 is 3. The van der Waals surface area contributed by atoms with Crippen molar-refractivity contribution in [3.05, 3.63) is 81.5 Å². The van der Waals surface area contributed by atoms with E-state index in [1.165, 1.54) is 12.5 Å². The highest BCUT2D eigenvalue weighted by atomic mass is 16.5. The van der Waals surface area contributed by atoms with Gasteiger partial charge in [0.25, 0.3) is 0 Å². The zero-order valence-electron chi connectivity index (χ0n) is 28.4. The highest BCUT2D eigenvalue weighted by molar-refractivity contribution is 5.86. The van der Waals surface area contributed by atoms with Crippen molar-refractivity contribution in [1.82, 2.24) is 10.2 Å². The number of amides is 2. The van der Waals surface area contributed by atoms with Crippen LogP contribution < -0.4 is 30.3 Å². The zero-order chi connectivity index (χ0) is 33.7. The molecule has 47 heavy (non-hydrogen) atoms. The van der Waals surface area contributed by atoms with Crippen LogP contribution in [0, 0.1) is 5.92 Å². The number of benzene rings is 2. The highest BCUT2D eigenvalue weighted by Crippen LogP contribution is 2.50. The average Bonchev–Trinajstić information content (AvgIpc) is 3.33. The molecule has 3 aromatic carbocycles. The Hall–Kier alpha value is -4.53. The van der Waals surface area contributed by atoms with Crippen LogP contribution in [0.2, 0.25) is 0 Å². The molecule has 0 spiro atoms. The largest absolute Gasteiger partial charge is 0.493 e. The number of rotatable bonds is 10. The number of nitrogens with one attached hydrogen (secondary N) is 2. The van der Waals surface area contributed by atoms with E-state index in [1.54, 1.807) is 33.5 Å². The molecular weight excluding hydrogens is 594 g/mol. The molecule has 9 nitrogen and oxygen atoms in total. The smallest absolute Gasteiger partial charge is 0.245 e. The maximum absolute atomic E-state index is 14.1. The van der Waals surface area contributed by atoms with Gasteiger partial charge < -0.3 is 29.7 Å². The van der Waals surface area contributed by atoms with Gasteiger partial charge in [-0.15, -0.1) is 0 Å². The van der Waals surface area contributed by atoms with Crippen LogP contribution in [-0.2, 0) is 16.0 Å². The lowest BCUT2D eigenvalue weighted by Gasteiger charge is -2.36. The quantitative estimate of drug-likeness (QED) is 0.276. The molecule has 3 atom stereocenters. The number of fused-ring (bicyclic) bond motifs is 3. The Balaban J connectivity index is 1.53. The van der Waals surface area contributed by atoms with E-state index in [0.717, 1.165) is 36.0 Å². The monoisotopic (exact) mass is 641 g/mol. The van der Waals surface area contributed by atoms with Gasteiger partial charge in [-0.1, -0.05) is 56.7 Å². The lowest BCUT2D eigenvalue weighted by Crippen LogP contribution is -2.49. The van der Waals surface area contributed by atoms with Gasteiger partial charge in [0, 0.05) is 25.6 Å². The molecule has 3 aromatic rings. The lowest BCUT2D eigenvalue weighted by molar-refractivity contribution is -0.134. The van der Waals surface area contributed by atoms with E-state index in [9.17, 15) is 14.4 Å². The summed E-state index contributed by atoms with van der Waals surface area (Å²) in [5, 5.41) is 6.43. The summed E-state index contributed by atoms with van der Waals surface area (Å²) in [7, 11) is 4.72. The molecule has 1 aliphatic heterocycles. The molecule has 2 amide bonds. The standard InChI is InChI=1S/C38H47N3O6/c1-7-23(2)35(38(44)41-19-17-26(18-20-41)25-11-9-8-10-12-25)40-31-16-14-28-29(22-32(31)43)30(39-24(3)42)15-13-27-21-33(45-4)36(46-5)37(47-6)34(27)28/h8-12,14,16,21-23,26,30,35H,7,13,15,17-20H2,1-6H3,(H,39,42)(H,40,43). The van der Waals surface area contributed by atoms with E-state index in [2.05, 4.69) is 41.8 Å². The molecule has 1 aliphatic carbocycles. The molecule has 9 heteroatoms. The summed E-state index contributed by atoms with van der Waals surface area (Å²) < 4.78 is 17.2. The third-order valence-corrected chi connectivity index (χ3v) is 9.78. The summed E-state index contributed by atoms with van der Waals surface area (Å²) in [6.07, 6.45) is 3.76. The number of carbonyl (C=O) groups excluding carboxylic acids is 2. The Morgan fingerprint density at radius 3 is 2.26 bits per heavy atom. The summed E-state index contributed by atoms with van der Waals surface area (Å²) >= 11 is 0. The minimum absolute atomic E-state index is 0.0123. The fourth-order valence-corrected chi connectivity index (χ4v) is 7.03. The number of hydrogen-bond donors (Lipinski definition) is 2. The van der Waals surface area contributed by atoms with Crippen molar-refractivity contribution in [2.24, 2.45) is 5.92 Å². The molecule has 250 valence electrons. The third-order valence-electron chi connectivity index (χ3n) is 9.78. The molecule has 2 N–H and O–H groups in total. The van der Waals surface area contributed by atoms with Crippen molar-refractivity contribution in [2.45, 2.75) is 70.9 Å².